The summed E-state index contributed by atoms with van der Waals surface area (Å²) in [6.07, 6.45) is 1.40. The van der Waals surface area contributed by atoms with Gasteiger partial charge in [0.1, 0.15) is 5.82 Å². The number of nitrogens with zero attached hydrogens (tertiary/aromatic N) is 1. The summed E-state index contributed by atoms with van der Waals surface area (Å²) in [5, 5.41) is 0.306. The normalized spacial score (nSPS) is 10.7. The Morgan fingerprint density at radius 3 is 2.89 bits per heavy atom. The van der Waals surface area contributed by atoms with Gasteiger partial charge in [-0.25, -0.2) is 9.18 Å². The van der Waals surface area contributed by atoms with Crippen molar-refractivity contribution in [2.75, 3.05) is 6.61 Å². The number of benzene rings is 1. The zero-order chi connectivity index (χ0) is 13.3. The van der Waals surface area contributed by atoms with Crippen LogP contribution >= 0.6 is 15.9 Å². The van der Waals surface area contributed by atoms with Crippen LogP contribution in [0.2, 0.25) is 0 Å². The Bertz CT molecular complexity index is 628. The minimum absolute atomic E-state index is 0.230. The van der Waals surface area contributed by atoms with Gasteiger partial charge in [0.25, 0.3) is 0 Å². The van der Waals surface area contributed by atoms with Gasteiger partial charge in [0.2, 0.25) is 0 Å². The summed E-state index contributed by atoms with van der Waals surface area (Å²) in [5.41, 5.74) is 1.62. The second-order valence-electron chi connectivity index (χ2n) is 3.79. The number of esters is 1. The molecule has 0 atom stereocenters. The molecule has 1 heterocycles. The van der Waals surface area contributed by atoms with Gasteiger partial charge in [-0.15, -0.1) is 0 Å². The standard InChI is InChI=1S/C13H11BrFNO2/c1-3-18-13(17)8-6-16-12-7(2)4-5-9(15)10(12)11(8)14/h4-6H,3H2,1-2H3. The van der Waals surface area contributed by atoms with Crippen LogP contribution < -0.4 is 0 Å². The van der Waals surface area contributed by atoms with E-state index >= 15 is 0 Å². The lowest BCUT2D eigenvalue weighted by molar-refractivity contribution is 0.0525. The van der Waals surface area contributed by atoms with Gasteiger partial charge in [-0.2, -0.15) is 0 Å². The molecule has 5 heteroatoms. The van der Waals surface area contributed by atoms with Crippen LogP contribution in [0.4, 0.5) is 4.39 Å². The Kier molecular flexibility index (Phi) is 3.61. The van der Waals surface area contributed by atoms with Crippen LogP contribution in [0.1, 0.15) is 22.8 Å². The van der Waals surface area contributed by atoms with Crippen molar-refractivity contribution in [3.63, 3.8) is 0 Å². The van der Waals surface area contributed by atoms with Crippen LogP contribution in [-0.2, 0) is 4.74 Å². The fraction of sp³-hybridized carbons (Fsp3) is 0.231. The molecule has 0 amide bonds. The number of pyridine rings is 1. The summed E-state index contributed by atoms with van der Waals surface area (Å²) in [5.74, 6) is -0.930. The number of hydrogen-bond acceptors (Lipinski definition) is 3. The van der Waals surface area contributed by atoms with Gasteiger partial charge in [0, 0.05) is 10.7 Å². The molecule has 1 aromatic carbocycles. The monoisotopic (exact) mass is 311 g/mol. The number of aryl methyl sites for hydroxylation is 1. The Hall–Kier alpha value is -1.49. The van der Waals surface area contributed by atoms with Gasteiger partial charge < -0.3 is 4.74 Å². The third kappa shape index (κ3) is 2.10. The van der Waals surface area contributed by atoms with E-state index in [0.717, 1.165) is 5.56 Å². The predicted octanol–water partition coefficient (Wildman–Crippen LogP) is 3.62. The second kappa shape index (κ2) is 5.02. The van der Waals surface area contributed by atoms with Gasteiger partial charge in [0.15, 0.2) is 0 Å². The average molecular weight is 312 g/mol. The van der Waals surface area contributed by atoms with Gasteiger partial charge in [0.05, 0.1) is 23.1 Å². The number of halogens is 2. The number of ether oxygens (including phenoxy) is 1. The first kappa shape index (κ1) is 13.0. The topological polar surface area (TPSA) is 39.2 Å². The maximum atomic E-state index is 13.8. The molecule has 18 heavy (non-hydrogen) atoms. The van der Waals surface area contributed by atoms with Crippen molar-refractivity contribution >= 4 is 32.8 Å². The summed E-state index contributed by atoms with van der Waals surface area (Å²) >= 11 is 3.26. The maximum absolute atomic E-state index is 13.8. The molecular weight excluding hydrogens is 301 g/mol. The molecule has 0 aliphatic carbocycles. The highest BCUT2D eigenvalue weighted by Crippen LogP contribution is 2.30. The number of carbonyl (C=O) groups excluding carboxylic acids is 1. The second-order valence-corrected chi connectivity index (χ2v) is 4.59. The minimum atomic E-state index is -0.514. The van der Waals surface area contributed by atoms with Gasteiger partial charge in [-0.05, 0) is 41.4 Å². The number of aromatic nitrogens is 1. The summed E-state index contributed by atoms with van der Waals surface area (Å²) < 4.78 is 19.1. The Labute approximate surface area is 112 Å². The first-order chi connectivity index (χ1) is 8.56. The molecule has 0 aliphatic heterocycles. The minimum Gasteiger partial charge on any atom is -0.462 e. The Balaban J connectivity index is 2.71. The molecule has 0 radical (unpaired) electrons. The molecule has 2 aromatic rings. The van der Waals surface area contributed by atoms with Crippen molar-refractivity contribution in [1.29, 1.82) is 0 Å². The molecule has 3 nitrogen and oxygen atoms in total. The summed E-state index contributed by atoms with van der Waals surface area (Å²) in [4.78, 5) is 15.8. The van der Waals surface area contributed by atoms with Crippen LogP contribution in [0.25, 0.3) is 10.9 Å². The van der Waals surface area contributed by atoms with E-state index in [1.165, 1.54) is 12.3 Å². The predicted molar refractivity (Wildman–Crippen MR) is 70.1 cm³/mol. The van der Waals surface area contributed by atoms with E-state index in [1.807, 2.05) is 6.92 Å². The van der Waals surface area contributed by atoms with E-state index in [1.54, 1.807) is 13.0 Å². The first-order valence-corrected chi connectivity index (χ1v) is 6.26. The molecule has 1 aromatic heterocycles. The van der Waals surface area contributed by atoms with Crippen molar-refractivity contribution in [3.05, 3.63) is 39.7 Å². The third-order valence-electron chi connectivity index (χ3n) is 2.60. The molecule has 0 saturated heterocycles. The number of carbonyl (C=O) groups is 1. The highest BCUT2D eigenvalue weighted by Gasteiger charge is 2.17. The fourth-order valence-electron chi connectivity index (χ4n) is 1.72. The molecule has 2 rings (SSSR count). The van der Waals surface area contributed by atoms with Crippen molar-refractivity contribution in [1.82, 2.24) is 4.98 Å². The first-order valence-electron chi connectivity index (χ1n) is 5.46. The molecular formula is C13H11BrFNO2. The lowest BCUT2D eigenvalue weighted by Gasteiger charge is -2.09. The lowest BCUT2D eigenvalue weighted by atomic mass is 10.1. The van der Waals surface area contributed by atoms with Crippen molar-refractivity contribution in [3.8, 4) is 0 Å². The van der Waals surface area contributed by atoms with Crippen LogP contribution in [0.3, 0.4) is 0 Å². The Morgan fingerprint density at radius 1 is 1.50 bits per heavy atom. The molecule has 0 aliphatic rings. The van der Waals surface area contributed by atoms with Gasteiger partial charge in [-0.3, -0.25) is 4.98 Å². The molecule has 0 N–H and O–H groups in total. The van der Waals surface area contributed by atoms with E-state index in [9.17, 15) is 9.18 Å². The fourth-order valence-corrected chi connectivity index (χ4v) is 2.36. The quantitative estimate of drug-likeness (QED) is 0.795. The number of rotatable bonds is 2. The van der Waals surface area contributed by atoms with Crippen LogP contribution in [0, 0.1) is 12.7 Å². The van der Waals surface area contributed by atoms with Gasteiger partial charge in [-0.1, -0.05) is 6.07 Å². The largest absolute Gasteiger partial charge is 0.462 e. The molecule has 0 unspecified atom stereocenters. The molecule has 0 saturated carbocycles. The van der Waals surface area contributed by atoms with Crippen LogP contribution in [0.15, 0.2) is 22.8 Å². The summed E-state index contributed by atoms with van der Waals surface area (Å²) in [6.45, 7) is 3.82. The van der Waals surface area contributed by atoms with Crippen LogP contribution in [-0.4, -0.2) is 17.6 Å². The zero-order valence-corrected chi connectivity index (χ0v) is 11.5. The third-order valence-corrected chi connectivity index (χ3v) is 3.43. The summed E-state index contributed by atoms with van der Waals surface area (Å²) in [7, 11) is 0. The average Bonchev–Trinajstić information content (AvgIpc) is 2.34. The Morgan fingerprint density at radius 2 is 2.22 bits per heavy atom. The van der Waals surface area contributed by atoms with Crippen molar-refractivity contribution in [2.45, 2.75) is 13.8 Å². The zero-order valence-electron chi connectivity index (χ0n) is 9.96. The van der Waals surface area contributed by atoms with E-state index in [-0.39, 0.29) is 12.2 Å². The van der Waals surface area contributed by atoms with Gasteiger partial charge >= 0.3 is 5.97 Å². The number of fused-ring (bicyclic) bond motifs is 1. The highest BCUT2D eigenvalue weighted by molar-refractivity contribution is 9.10. The van der Waals surface area contributed by atoms with E-state index in [2.05, 4.69) is 20.9 Å². The molecule has 94 valence electrons. The smallest absolute Gasteiger partial charge is 0.340 e. The summed E-state index contributed by atoms with van der Waals surface area (Å²) in [6, 6.07) is 3.01. The molecule has 0 bridgehead atoms. The molecule has 0 spiro atoms. The van der Waals surface area contributed by atoms with E-state index < -0.39 is 11.8 Å². The van der Waals surface area contributed by atoms with E-state index in [0.29, 0.717) is 15.4 Å². The number of hydrogen-bond donors (Lipinski definition) is 0. The maximum Gasteiger partial charge on any atom is 0.340 e. The SMILES string of the molecule is CCOC(=O)c1cnc2c(C)ccc(F)c2c1Br. The van der Waals surface area contributed by atoms with Crippen LogP contribution in [0.5, 0.6) is 0 Å². The van der Waals surface area contributed by atoms with Crippen molar-refractivity contribution in [2.24, 2.45) is 0 Å². The van der Waals surface area contributed by atoms with E-state index in [4.69, 9.17) is 4.74 Å². The molecule has 0 fully saturated rings. The lowest BCUT2D eigenvalue weighted by Crippen LogP contribution is -2.07. The highest BCUT2D eigenvalue weighted by atomic mass is 79.9. The van der Waals surface area contributed by atoms with Crippen molar-refractivity contribution < 1.29 is 13.9 Å².